The monoisotopic (exact) mass is 1860 g/mol. The summed E-state index contributed by atoms with van der Waals surface area (Å²) in [5.41, 5.74) is 10.8. The van der Waals surface area contributed by atoms with Crippen LogP contribution in [0.4, 0.5) is 67.0 Å². The maximum atomic E-state index is 12.1. The minimum atomic E-state index is -3.67. The molecule has 6 aliphatic rings. The lowest BCUT2D eigenvalue weighted by atomic mass is 10.1. The van der Waals surface area contributed by atoms with E-state index in [1.807, 2.05) is 54.0 Å². The van der Waals surface area contributed by atoms with Crippen LogP contribution >= 0.6 is 0 Å². The number of nitrogen functional groups attached to an aromatic ring is 1. The van der Waals surface area contributed by atoms with Crippen LogP contribution < -0.4 is 53.8 Å². The van der Waals surface area contributed by atoms with Crippen LogP contribution in [0.3, 0.4) is 0 Å². The van der Waals surface area contributed by atoms with Crippen molar-refractivity contribution in [3.8, 4) is 0 Å². The number of rotatable bonds is 24. The third-order valence-corrected chi connectivity index (χ3v) is 23.4. The highest BCUT2D eigenvalue weighted by Crippen LogP contribution is 2.37. The first-order valence-electron chi connectivity index (χ1n) is 41.2. The molecule has 10 heterocycles. The summed E-state index contributed by atoms with van der Waals surface area (Å²) in [5.74, 6) is -2.36. The molecule has 44 nitrogen and oxygen atoms in total. The largest absolute Gasteiger partial charge is 0.480 e. The fraction of sp³-hybridized carbons (Fsp3) is 0.405. The maximum absolute atomic E-state index is 12.1. The normalized spacial score (nSPS) is 21.4. The van der Waals surface area contributed by atoms with Gasteiger partial charge in [0.25, 0.3) is 48.7 Å². The lowest BCUT2D eigenvalue weighted by Crippen LogP contribution is -2.35. The molecular formula is C84H107FN20O24S2+4. The van der Waals surface area contributed by atoms with Crippen molar-refractivity contribution >= 4 is 94.7 Å². The van der Waals surface area contributed by atoms with E-state index in [4.69, 9.17) is 29.4 Å². The number of anilines is 6. The molecule has 0 amide bonds. The van der Waals surface area contributed by atoms with Gasteiger partial charge in [0.15, 0.2) is 0 Å². The number of non-ortho nitro benzene ring substituents is 5. The number of aromatic nitrogens is 8. The van der Waals surface area contributed by atoms with E-state index in [1.54, 1.807) is 29.2 Å². The number of carboxylic acid groups (broad SMARTS) is 2. The number of halogens is 1. The molecule has 10 aromatic rings. The van der Waals surface area contributed by atoms with Gasteiger partial charge in [-0.05, 0) is 97.8 Å². The number of β-amino-alcohol motifs (C(OH)–C–C–N with tert-alkyl or cyclic N) is 3. The smallest absolute Gasteiger partial charge is 0.326 e. The van der Waals surface area contributed by atoms with Gasteiger partial charge in [-0.1, -0.05) is 0 Å². The Bertz CT molecular complexity index is 5750. The zero-order valence-electron chi connectivity index (χ0n) is 72.4. The van der Waals surface area contributed by atoms with Crippen LogP contribution in [-0.4, -0.2) is 228 Å². The van der Waals surface area contributed by atoms with E-state index in [0.717, 1.165) is 92.9 Å². The van der Waals surface area contributed by atoms with Gasteiger partial charge < -0.3 is 66.2 Å². The van der Waals surface area contributed by atoms with Crippen LogP contribution in [0.5, 0.6) is 0 Å². The topological polar surface area (TPSA) is 547 Å². The molecule has 47 heteroatoms. The predicted molar refractivity (Wildman–Crippen MR) is 473 cm³/mol. The summed E-state index contributed by atoms with van der Waals surface area (Å²) >= 11 is 0. The van der Waals surface area contributed by atoms with Crippen LogP contribution in [0.1, 0.15) is 50.6 Å². The molecule has 0 radical (unpaired) electrons. The molecule has 9 N–H and O–H groups in total. The number of benzene rings is 6. The number of nitro benzene ring substituents is 5. The summed E-state index contributed by atoms with van der Waals surface area (Å²) in [7, 11) is 0.836. The summed E-state index contributed by atoms with van der Waals surface area (Å²) in [6, 6.07) is 36.6. The molecule has 6 saturated heterocycles. The molecule has 6 fully saturated rings. The van der Waals surface area contributed by atoms with E-state index >= 15 is 0 Å². The van der Waals surface area contributed by atoms with E-state index in [1.165, 1.54) is 71.3 Å². The van der Waals surface area contributed by atoms with Gasteiger partial charge in [0.05, 0.1) is 140 Å². The van der Waals surface area contributed by atoms with Crippen molar-refractivity contribution in [1.82, 2.24) is 23.6 Å². The average Bonchev–Trinajstić information content (AvgIpc) is 1.65. The van der Waals surface area contributed by atoms with Crippen molar-refractivity contribution in [3.05, 3.63) is 277 Å². The first-order chi connectivity index (χ1) is 62.0. The molecule has 0 saturated carbocycles. The van der Waals surface area contributed by atoms with Gasteiger partial charge in [-0.3, -0.25) is 63.7 Å². The second-order valence-corrected chi connectivity index (χ2v) is 35.6. The average molecular weight is 1860 g/mol. The predicted octanol–water partition coefficient (Wildman–Crippen LogP) is 4.58. The van der Waals surface area contributed by atoms with E-state index in [9.17, 15) is 96.7 Å². The SMILES string of the molecule is CS(=O)(=O)OC[C@@H]1C[C@@H](OS(C)(=O)=O)CN1c1ccc([N+](=O)[O-])cc1.C[n+]1ccn(C[C@@H]2C[C@H](n3cc[n+](C)c3)CN2c2ccc(N)cc2)c1.C[n+]1ccn(C[C@@H]2C[C@H](n3cc[n+](C)c3)CN2c2ccc([N+](=O)[O-])cc2)c1.O=C(O)[C@@H]1C[C@@H](O)CN1.O=C(O)[C@@H]1C[C@@H](O)CN1c1ccc([N+](=O)[O-])cc1.O=[N+]([O-])c1ccc(F)cc1.O=[N+]([O-])c1ccc(N2C[C@H](O)C[C@H]2CO)cc1. The minimum absolute atomic E-state index is 0.0337. The Labute approximate surface area is 752 Å². The molecule has 0 spiro atoms. The standard InChI is InChI=1S/C19H24N6O2.C19H26N6.C13H18N2O8S2.C11H12N2O5.C11H14N2O4.C6H4FNO2.C5H9NO3/c1-20-7-9-22(14-20)12-19-11-18(23-10-8-21(2)15-23)13-24(19)16-3-5-17(6-4-16)25(26)27;1-21-7-9-23(14-21)12-19-11-18(24-10-8-22(2)15-24)13-25(19)17-5-3-16(20)4-6-17;1-24(18,19)22-9-12-7-13(23-25(2,20)21)8-14(12)10-3-5-11(6-4-10)15(16)17;14-9-5-10(11(15)16)12(6-9)7-1-3-8(4-2-7)13(17)18;14-7-10-5-11(15)6-12(10)8-1-3-9(4-2-8)13(16)17;7-5-1-3-6(4-2-5)8(9)10;7-3-1-4(5(8)9)6-2-3/h3-10,14-15,18-19H,11-13H2,1-2H3;3-10,14-15,18-19H,11-13,20H2,1-2H3;3-6,12-13H,7-9H2,1-2H3;1-4,9-10,14H,5-6H2,(H,15,16);1-4,10-11,14-15H,5-7H2;1-4H;3-4,6-7H,1-2H2,(H,8,9)/q2*+2;;;;;/t2*18-,19-;12-,13+;9-,10+;10-,11+;;3-,4+/m00010.1/s1. The van der Waals surface area contributed by atoms with E-state index in [2.05, 4.69) is 142 Å². The molecule has 0 unspecified atom stereocenters. The van der Waals surface area contributed by atoms with E-state index in [0.29, 0.717) is 61.5 Å². The van der Waals surface area contributed by atoms with Crippen LogP contribution in [0, 0.1) is 56.4 Å². The highest BCUT2D eigenvalue weighted by atomic mass is 32.2. The van der Waals surface area contributed by atoms with Crippen LogP contribution in [0.15, 0.2) is 220 Å². The lowest BCUT2D eigenvalue weighted by molar-refractivity contribution is -0.671. The van der Waals surface area contributed by atoms with Crippen LogP contribution in [-0.2, 0) is 79.5 Å². The molecular weight excluding hydrogens is 1760 g/mol. The molecule has 702 valence electrons. The van der Waals surface area contributed by atoms with Gasteiger partial charge in [0, 0.05) is 147 Å². The number of aliphatic hydroxyl groups excluding tert-OH is 4. The minimum Gasteiger partial charge on any atom is -0.480 e. The number of nitrogens with two attached hydrogens (primary N) is 1. The Morgan fingerprint density at radius 3 is 1.14 bits per heavy atom. The molecule has 0 aliphatic carbocycles. The number of aryl methyl sites for hydroxylation is 4. The first kappa shape index (κ1) is 99.6. The number of carboxylic acids is 2. The van der Waals surface area contributed by atoms with Gasteiger partial charge in [0.2, 0.25) is 25.3 Å². The number of hydrogen-bond donors (Lipinski definition) is 8. The van der Waals surface area contributed by atoms with Crippen molar-refractivity contribution in [2.24, 2.45) is 28.2 Å². The Morgan fingerprint density at radius 2 is 0.809 bits per heavy atom. The number of nitro groups is 5. The summed E-state index contributed by atoms with van der Waals surface area (Å²) in [6.45, 7) is 4.78. The van der Waals surface area contributed by atoms with Crippen LogP contribution in [0.2, 0.25) is 0 Å². The summed E-state index contributed by atoms with van der Waals surface area (Å²) in [6.07, 6.45) is 28.2. The van der Waals surface area contributed by atoms with Crippen molar-refractivity contribution in [2.45, 2.75) is 124 Å². The molecule has 6 aliphatic heterocycles. The Balaban J connectivity index is 0.000000163. The maximum Gasteiger partial charge on any atom is 0.326 e. The fourth-order valence-corrected chi connectivity index (χ4v) is 17.1. The Kier molecular flexibility index (Phi) is 34.3. The molecule has 0 bridgehead atoms. The van der Waals surface area contributed by atoms with E-state index in [-0.39, 0.29) is 78.5 Å². The van der Waals surface area contributed by atoms with Gasteiger partial charge in [-0.15, -0.1) is 0 Å². The zero-order chi connectivity index (χ0) is 95.3. The van der Waals surface area contributed by atoms with Gasteiger partial charge in [-0.25, -0.2) is 45.7 Å². The third kappa shape index (κ3) is 29.2. The highest BCUT2D eigenvalue weighted by molar-refractivity contribution is 7.86. The van der Waals surface area contributed by atoms with Crippen LogP contribution in [0.25, 0.3) is 0 Å². The Hall–Kier alpha value is -13.6. The number of aliphatic carboxylic acids is 2. The number of imidazole rings is 4. The second kappa shape index (κ2) is 45.1. The molecule has 12 atom stereocenters. The fourth-order valence-electron chi connectivity index (χ4n) is 16.1. The second-order valence-electron chi connectivity index (χ2n) is 32.3. The van der Waals surface area contributed by atoms with Gasteiger partial charge in [-0.2, -0.15) is 16.8 Å². The van der Waals surface area contributed by atoms with E-state index < -0.39 is 100 Å². The van der Waals surface area contributed by atoms with Crippen molar-refractivity contribution in [2.75, 3.05) is 95.2 Å². The zero-order valence-corrected chi connectivity index (χ0v) is 74.0. The summed E-state index contributed by atoms with van der Waals surface area (Å²) in [5, 5.41) is 110. The third-order valence-electron chi connectivity index (χ3n) is 22.3. The molecule has 4 aromatic heterocycles. The van der Waals surface area contributed by atoms with Gasteiger partial charge >= 0.3 is 11.9 Å². The van der Waals surface area contributed by atoms with Crippen molar-refractivity contribution < 1.29 is 113 Å². The van der Waals surface area contributed by atoms with Crippen molar-refractivity contribution in [3.63, 3.8) is 0 Å². The highest BCUT2D eigenvalue weighted by Gasteiger charge is 2.42. The number of carbonyl (C=O) groups is 2. The number of nitrogens with zero attached hydrogens (tertiary/aromatic N) is 18. The molecule has 6 aromatic carbocycles. The van der Waals surface area contributed by atoms with Crippen molar-refractivity contribution in [1.29, 1.82) is 0 Å². The number of aliphatic hydroxyl groups is 4. The Morgan fingerprint density at radius 1 is 0.450 bits per heavy atom. The summed E-state index contributed by atoms with van der Waals surface area (Å²) in [4.78, 5) is 81.5. The molecule has 16 rings (SSSR count). The lowest BCUT2D eigenvalue weighted by Gasteiger charge is -2.25. The van der Waals surface area contributed by atoms with Gasteiger partial charge in [0.1, 0.15) is 92.6 Å². The quantitative estimate of drug-likeness (QED) is 0.0135. The first-order valence-corrected chi connectivity index (χ1v) is 44.9. The number of hydrogen-bond acceptors (Lipinski definition) is 29. The number of nitrogens with one attached hydrogen (secondary N) is 1. The summed E-state index contributed by atoms with van der Waals surface area (Å²) < 4.78 is 84.4. The molecule has 131 heavy (non-hydrogen) atoms.